The van der Waals surface area contributed by atoms with Crippen LogP contribution in [0.5, 0.6) is 0 Å². The van der Waals surface area contributed by atoms with Gasteiger partial charge in [0, 0.05) is 17.7 Å². The lowest BCUT2D eigenvalue weighted by molar-refractivity contribution is -0.384. The summed E-state index contributed by atoms with van der Waals surface area (Å²) in [5.74, 6) is 0. The Bertz CT molecular complexity index is 1100. The van der Waals surface area contributed by atoms with Crippen LogP contribution in [0.3, 0.4) is 0 Å². The number of rotatable bonds is 4. The van der Waals surface area contributed by atoms with Gasteiger partial charge in [-0.05, 0) is 35.9 Å². The SMILES string of the molecule is O=[N+]([O-])c1ccc(/C=C(/c2ccccc2)n2nnc3ccccc32)cc1. The fraction of sp³-hybridized carbons (Fsp3) is 0. The molecule has 0 fully saturated rings. The average Bonchev–Trinajstić information content (AvgIpc) is 3.11. The van der Waals surface area contributed by atoms with Gasteiger partial charge in [-0.25, -0.2) is 4.68 Å². The number of nitro groups is 1. The van der Waals surface area contributed by atoms with Gasteiger partial charge in [-0.15, -0.1) is 5.10 Å². The second-order valence-electron chi connectivity index (χ2n) is 5.73. The predicted molar refractivity (Wildman–Crippen MR) is 100 cm³/mol. The van der Waals surface area contributed by atoms with E-state index in [4.69, 9.17) is 0 Å². The highest BCUT2D eigenvalue weighted by Crippen LogP contribution is 2.24. The second-order valence-corrected chi connectivity index (χ2v) is 5.73. The number of hydrogen-bond donors (Lipinski definition) is 0. The van der Waals surface area contributed by atoms with Gasteiger partial charge in [-0.2, -0.15) is 0 Å². The van der Waals surface area contributed by atoms with E-state index in [2.05, 4.69) is 10.3 Å². The van der Waals surface area contributed by atoms with E-state index in [1.165, 1.54) is 12.1 Å². The van der Waals surface area contributed by atoms with Crippen LogP contribution in [-0.4, -0.2) is 19.9 Å². The molecule has 0 saturated carbocycles. The van der Waals surface area contributed by atoms with Crippen molar-refractivity contribution >= 4 is 28.5 Å². The van der Waals surface area contributed by atoms with E-state index in [-0.39, 0.29) is 5.69 Å². The molecular formula is C20H14N4O2. The first kappa shape index (κ1) is 15.7. The summed E-state index contributed by atoms with van der Waals surface area (Å²) in [4.78, 5) is 10.5. The molecule has 4 rings (SSSR count). The molecule has 3 aromatic carbocycles. The Balaban J connectivity index is 1.87. The summed E-state index contributed by atoms with van der Waals surface area (Å²) in [6.07, 6.45) is 1.94. The Labute approximate surface area is 149 Å². The van der Waals surface area contributed by atoms with Gasteiger partial charge >= 0.3 is 0 Å². The minimum absolute atomic E-state index is 0.0645. The number of non-ortho nitro benzene ring substituents is 1. The van der Waals surface area contributed by atoms with Crippen molar-refractivity contribution in [2.45, 2.75) is 0 Å². The molecule has 0 N–H and O–H groups in total. The Morgan fingerprint density at radius 1 is 0.923 bits per heavy atom. The molecule has 6 heteroatoms. The summed E-state index contributed by atoms with van der Waals surface area (Å²) in [5, 5.41) is 19.4. The van der Waals surface area contributed by atoms with E-state index in [1.807, 2.05) is 60.7 Å². The van der Waals surface area contributed by atoms with Gasteiger partial charge in [0.1, 0.15) is 5.52 Å². The van der Waals surface area contributed by atoms with Crippen molar-refractivity contribution in [2.75, 3.05) is 0 Å². The molecular weight excluding hydrogens is 328 g/mol. The standard InChI is InChI=1S/C20H14N4O2/c25-24(26)17-12-10-15(11-13-17)14-20(16-6-2-1-3-7-16)23-19-9-5-4-8-18(19)21-22-23/h1-14H/b20-14-. The summed E-state index contributed by atoms with van der Waals surface area (Å²) in [6, 6.07) is 24.0. The highest BCUT2D eigenvalue weighted by Gasteiger charge is 2.11. The third kappa shape index (κ3) is 2.95. The van der Waals surface area contributed by atoms with Crippen molar-refractivity contribution in [2.24, 2.45) is 0 Å². The molecule has 1 heterocycles. The molecule has 1 aromatic heterocycles. The van der Waals surface area contributed by atoms with Crippen molar-refractivity contribution in [1.82, 2.24) is 15.0 Å². The van der Waals surface area contributed by atoms with Gasteiger partial charge in [0.05, 0.1) is 16.1 Å². The van der Waals surface area contributed by atoms with Crippen molar-refractivity contribution in [1.29, 1.82) is 0 Å². The molecule has 0 atom stereocenters. The Morgan fingerprint density at radius 2 is 1.62 bits per heavy atom. The zero-order chi connectivity index (χ0) is 17.9. The first-order valence-corrected chi connectivity index (χ1v) is 8.05. The van der Waals surface area contributed by atoms with Gasteiger partial charge in [0.15, 0.2) is 0 Å². The maximum Gasteiger partial charge on any atom is 0.269 e. The van der Waals surface area contributed by atoms with E-state index in [0.29, 0.717) is 0 Å². The Hall–Kier alpha value is -3.80. The van der Waals surface area contributed by atoms with Crippen molar-refractivity contribution in [3.05, 3.63) is 100 Å². The molecule has 0 unspecified atom stereocenters. The molecule has 4 aromatic rings. The molecule has 0 radical (unpaired) electrons. The van der Waals surface area contributed by atoms with E-state index in [0.717, 1.165) is 27.9 Å². The number of nitro benzene ring substituents is 1. The van der Waals surface area contributed by atoms with Crippen molar-refractivity contribution in [3.63, 3.8) is 0 Å². The number of fused-ring (bicyclic) bond motifs is 1. The fourth-order valence-electron chi connectivity index (χ4n) is 2.77. The van der Waals surface area contributed by atoms with Crippen molar-refractivity contribution < 1.29 is 4.92 Å². The molecule has 0 aliphatic heterocycles. The predicted octanol–water partition coefficient (Wildman–Crippen LogP) is 4.39. The van der Waals surface area contributed by atoms with Gasteiger partial charge in [-0.1, -0.05) is 47.7 Å². The first-order chi connectivity index (χ1) is 12.7. The van der Waals surface area contributed by atoms with Gasteiger partial charge in [0.2, 0.25) is 0 Å². The largest absolute Gasteiger partial charge is 0.269 e. The van der Waals surface area contributed by atoms with E-state index < -0.39 is 4.92 Å². The quantitative estimate of drug-likeness (QED) is 0.313. The van der Waals surface area contributed by atoms with Crippen LogP contribution >= 0.6 is 0 Å². The summed E-state index contributed by atoms with van der Waals surface area (Å²) in [6.45, 7) is 0. The number of hydrogen-bond acceptors (Lipinski definition) is 4. The molecule has 0 aliphatic rings. The molecule has 6 nitrogen and oxygen atoms in total. The highest BCUT2D eigenvalue weighted by atomic mass is 16.6. The molecule has 0 spiro atoms. The van der Waals surface area contributed by atoms with Crippen LogP contribution in [-0.2, 0) is 0 Å². The fourth-order valence-corrected chi connectivity index (χ4v) is 2.77. The number of para-hydroxylation sites is 1. The van der Waals surface area contributed by atoms with Crippen LogP contribution in [0.2, 0.25) is 0 Å². The average molecular weight is 342 g/mol. The number of nitrogens with zero attached hydrogens (tertiary/aromatic N) is 4. The molecule has 0 bridgehead atoms. The van der Waals surface area contributed by atoms with Gasteiger partial charge in [0.25, 0.3) is 5.69 Å². The molecule has 126 valence electrons. The lowest BCUT2D eigenvalue weighted by atomic mass is 10.1. The van der Waals surface area contributed by atoms with Crippen LogP contribution in [0, 0.1) is 10.1 Å². The van der Waals surface area contributed by atoms with Crippen LogP contribution < -0.4 is 0 Å². The highest BCUT2D eigenvalue weighted by molar-refractivity contribution is 5.87. The van der Waals surface area contributed by atoms with Gasteiger partial charge < -0.3 is 0 Å². The van der Waals surface area contributed by atoms with Crippen LogP contribution in [0.15, 0.2) is 78.9 Å². The van der Waals surface area contributed by atoms with E-state index >= 15 is 0 Å². The smallest absolute Gasteiger partial charge is 0.258 e. The van der Waals surface area contributed by atoms with Crippen molar-refractivity contribution in [3.8, 4) is 0 Å². The monoisotopic (exact) mass is 342 g/mol. The first-order valence-electron chi connectivity index (χ1n) is 8.05. The van der Waals surface area contributed by atoms with Crippen LogP contribution in [0.25, 0.3) is 22.8 Å². The minimum Gasteiger partial charge on any atom is -0.258 e. The molecule has 26 heavy (non-hydrogen) atoms. The zero-order valence-corrected chi connectivity index (χ0v) is 13.7. The summed E-state index contributed by atoms with van der Waals surface area (Å²) >= 11 is 0. The second kappa shape index (κ2) is 6.60. The number of benzene rings is 3. The zero-order valence-electron chi connectivity index (χ0n) is 13.7. The molecule has 0 aliphatic carbocycles. The van der Waals surface area contributed by atoms with E-state index in [1.54, 1.807) is 16.8 Å². The van der Waals surface area contributed by atoms with Crippen LogP contribution in [0.1, 0.15) is 11.1 Å². The van der Waals surface area contributed by atoms with Crippen LogP contribution in [0.4, 0.5) is 5.69 Å². The third-order valence-corrected chi connectivity index (χ3v) is 4.06. The minimum atomic E-state index is -0.406. The topological polar surface area (TPSA) is 73.8 Å². The lowest BCUT2D eigenvalue weighted by Gasteiger charge is -2.09. The summed E-state index contributed by atoms with van der Waals surface area (Å²) in [5.41, 5.74) is 4.42. The third-order valence-electron chi connectivity index (χ3n) is 4.06. The Kier molecular flexibility index (Phi) is 3.99. The van der Waals surface area contributed by atoms with E-state index in [9.17, 15) is 10.1 Å². The lowest BCUT2D eigenvalue weighted by Crippen LogP contribution is -2.01. The molecule has 0 saturated heterocycles. The maximum atomic E-state index is 10.9. The number of aromatic nitrogens is 3. The summed E-state index contributed by atoms with van der Waals surface area (Å²) < 4.78 is 1.78. The maximum absolute atomic E-state index is 10.9. The van der Waals surface area contributed by atoms with Gasteiger partial charge in [-0.3, -0.25) is 10.1 Å². The summed E-state index contributed by atoms with van der Waals surface area (Å²) in [7, 11) is 0. The Morgan fingerprint density at radius 3 is 2.35 bits per heavy atom. The molecule has 0 amide bonds. The normalized spacial score (nSPS) is 11.6.